The first-order valence-electron chi connectivity index (χ1n) is 5.70. The molecular weight excluding hydrogens is 234 g/mol. The third-order valence-corrected chi connectivity index (χ3v) is 3.60. The summed E-state index contributed by atoms with van der Waals surface area (Å²) in [5.74, 6) is 1.71. The molecule has 0 atom stereocenters. The molecule has 3 N–H and O–H groups in total. The van der Waals surface area contributed by atoms with Gasteiger partial charge in [-0.2, -0.15) is 0 Å². The highest BCUT2D eigenvalue weighted by atomic mass is 32.1. The molecule has 2 aromatic heterocycles. The predicted octanol–water partition coefficient (Wildman–Crippen LogP) is 2.35. The second kappa shape index (κ2) is 4.75. The number of thiophene rings is 1. The van der Waals surface area contributed by atoms with E-state index >= 15 is 0 Å². The lowest BCUT2D eigenvalue weighted by Gasteiger charge is -2.07. The normalized spacial score (nSPS) is 10.8. The SMILES string of the molecule is CCNc1nnc(-c2sc(N)cc2C)n1CC. The third kappa shape index (κ3) is 2.12. The van der Waals surface area contributed by atoms with Crippen molar-refractivity contribution in [1.29, 1.82) is 0 Å². The summed E-state index contributed by atoms with van der Waals surface area (Å²) in [7, 11) is 0. The second-order valence-electron chi connectivity index (χ2n) is 3.78. The predicted molar refractivity (Wildman–Crippen MR) is 72.3 cm³/mol. The molecule has 2 aromatic rings. The number of aromatic nitrogens is 3. The lowest BCUT2D eigenvalue weighted by Crippen LogP contribution is -2.06. The molecule has 0 saturated heterocycles. The Labute approximate surface area is 105 Å². The molecule has 6 heteroatoms. The van der Waals surface area contributed by atoms with Crippen molar-refractivity contribution in [2.45, 2.75) is 27.3 Å². The molecule has 0 radical (unpaired) electrons. The van der Waals surface area contributed by atoms with E-state index in [2.05, 4.69) is 27.0 Å². The Kier molecular flexibility index (Phi) is 3.33. The van der Waals surface area contributed by atoms with E-state index in [4.69, 9.17) is 5.73 Å². The van der Waals surface area contributed by atoms with Gasteiger partial charge in [-0.15, -0.1) is 21.5 Å². The van der Waals surface area contributed by atoms with Crippen molar-refractivity contribution in [3.8, 4) is 10.7 Å². The molecule has 5 nitrogen and oxygen atoms in total. The van der Waals surface area contributed by atoms with Gasteiger partial charge in [0.05, 0.1) is 9.88 Å². The van der Waals surface area contributed by atoms with Crippen LogP contribution in [0.15, 0.2) is 6.07 Å². The Bertz CT molecular complexity index is 514. The summed E-state index contributed by atoms with van der Waals surface area (Å²) < 4.78 is 2.07. The Morgan fingerprint density at radius 2 is 2.18 bits per heavy atom. The van der Waals surface area contributed by atoms with Crippen molar-refractivity contribution in [3.05, 3.63) is 11.6 Å². The van der Waals surface area contributed by atoms with Crippen LogP contribution < -0.4 is 11.1 Å². The van der Waals surface area contributed by atoms with Gasteiger partial charge in [-0.25, -0.2) is 0 Å². The Morgan fingerprint density at radius 3 is 2.71 bits per heavy atom. The van der Waals surface area contributed by atoms with Crippen molar-refractivity contribution >= 4 is 22.3 Å². The molecule has 0 aliphatic carbocycles. The number of hydrogen-bond acceptors (Lipinski definition) is 5. The van der Waals surface area contributed by atoms with Gasteiger partial charge in [-0.05, 0) is 32.4 Å². The minimum absolute atomic E-state index is 0.813. The molecule has 0 unspecified atom stereocenters. The highest BCUT2D eigenvalue weighted by Gasteiger charge is 2.16. The highest BCUT2D eigenvalue weighted by Crippen LogP contribution is 2.33. The highest BCUT2D eigenvalue weighted by molar-refractivity contribution is 7.19. The van der Waals surface area contributed by atoms with E-state index in [1.165, 1.54) is 0 Å². The van der Waals surface area contributed by atoms with Crippen LogP contribution in [0.5, 0.6) is 0 Å². The van der Waals surface area contributed by atoms with E-state index < -0.39 is 0 Å². The topological polar surface area (TPSA) is 68.8 Å². The van der Waals surface area contributed by atoms with Gasteiger partial charge in [0.25, 0.3) is 0 Å². The average Bonchev–Trinajstić information content (AvgIpc) is 2.82. The number of anilines is 2. The summed E-state index contributed by atoms with van der Waals surface area (Å²) in [5, 5.41) is 12.4. The summed E-state index contributed by atoms with van der Waals surface area (Å²) in [4.78, 5) is 1.10. The van der Waals surface area contributed by atoms with E-state index in [0.717, 1.165) is 40.3 Å². The van der Waals surface area contributed by atoms with Gasteiger partial charge in [0.2, 0.25) is 5.95 Å². The van der Waals surface area contributed by atoms with Crippen LogP contribution in [0.25, 0.3) is 10.7 Å². The Morgan fingerprint density at radius 1 is 1.41 bits per heavy atom. The lowest BCUT2D eigenvalue weighted by molar-refractivity contribution is 0.771. The second-order valence-corrected chi connectivity index (χ2v) is 4.87. The first kappa shape index (κ1) is 11.9. The molecular formula is C11H17N5S. The maximum Gasteiger partial charge on any atom is 0.224 e. The maximum atomic E-state index is 5.82. The van der Waals surface area contributed by atoms with Gasteiger partial charge in [-0.1, -0.05) is 0 Å². The van der Waals surface area contributed by atoms with Crippen LogP contribution >= 0.6 is 11.3 Å². The van der Waals surface area contributed by atoms with Crippen molar-refractivity contribution in [2.75, 3.05) is 17.6 Å². The average molecular weight is 251 g/mol. The van der Waals surface area contributed by atoms with Crippen LogP contribution in [0.1, 0.15) is 19.4 Å². The molecule has 2 rings (SSSR count). The zero-order valence-corrected chi connectivity index (χ0v) is 11.1. The number of rotatable bonds is 4. The van der Waals surface area contributed by atoms with Gasteiger partial charge in [0, 0.05) is 13.1 Å². The summed E-state index contributed by atoms with van der Waals surface area (Å²) in [5.41, 5.74) is 6.97. The van der Waals surface area contributed by atoms with Crippen LogP contribution in [0, 0.1) is 6.92 Å². The number of aryl methyl sites for hydroxylation is 1. The van der Waals surface area contributed by atoms with E-state index in [-0.39, 0.29) is 0 Å². The first-order chi connectivity index (χ1) is 8.17. The van der Waals surface area contributed by atoms with Crippen molar-refractivity contribution in [3.63, 3.8) is 0 Å². The fourth-order valence-corrected chi connectivity index (χ4v) is 2.72. The van der Waals surface area contributed by atoms with Crippen molar-refractivity contribution in [1.82, 2.24) is 14.8 Å². The number of hydrogen-bond donors (Lipinski definition) is 2. The van der Waals surface area contributed by atoms with Gasteiger partial charge in [0.15, 0.2) is 5.82 Å². The molecule has 0 amide bonds. The molecule has 0 aromatic carbocycles. The number of nitrogens with two attached hydrogens (primary N) is 1. The number of nitrogens with one attached hydrogen (secondary N) is 1. The van der Waals surface area contributed by atoms with Gasteiger partial charge < -0.3 is 11.1 Å². The zero-order chi connectivity index (χ0) is 12.4. The number of nitrogen functional groups attached to an aromatic ring is 1. The molecule has 2 heterocycles. The largest absolute Gasteiger partial charge is 0.391 e. The van der Waals surface area contributed by atoms with Crippen LogP contribution in [0.3, 0.4) is 0 Å². The summed E-state index contributed by atoms with van der Waals surface area (Å²) in [6.45, 7) is 7.85. The fourth-order valence-electron chi connectivity index (χ4n) is 1.79. The summed E-state index contributed by atoms with van der Waals surface area (Å²) >= 11 is 1.56. The van der Waals surface area contributed by atoms with E-state index in [1.54, 1.807) is 11.3 Å². The molecule has 0 fully saturated rings. The molecule has 0 aliphatic heterocycles. The minimum atomic E-state index is 0.813. The zero-order valence-electron chi connectivity index (χ0n) is 10.3. The third-order valence-electron chi connectivity index (χ3n) is 2.54. The monoisotopic (exact) mass is 251 g/mol. The molecule has 0 spiro atoms. The smallest absolute Gasteiger partial charge is 0.224 e. The van der Waals surface area contributed by atoms with Gasteiger partial charge in [0.1, 0.15) is 0 Å². The van der Waals surface area contributed by atoms with Crippen molar-refractivity contribution < 1.29 is 0 Å². The van der Waals surface area contributed by atoms with Crippen LogP contribution in [0.4, 0.5) is 10.9 Å². The Hall–Kier alpha value is -1.56. The van der Waals surface area contributed by atoms with Crippen molar-refractivity contribution in [2.24, 2.45) is 0 Å². The standard InChI is InChI=1S/C11H17N5S/c1-4-13-11-15-14-10(16(11)5-2)9-7(3)6-8(12)17-9/h6H,4-5,12H2,1-3H3,(H,13,15). The lowest BCUT2D eigenvalue weighted by atomic mass is 10.3. The molecule has 92 valence electrons. The van der Waals surface area contributed by atoms with Crippen LogP contribution in [-0.2, 0) is 6.54 Å². The van der Waals surface area contributed by atoms with E-state index in [9.17, 15) is 0 Å². The molecule has 0 saturated carbocycles. The van der Waals surface area contributed by atoms with Crippen LogP contribution in [-0.4, -0.2) is 21.3 Å². The van der Waals surface area contributed by atoms with Gasteiger partial charge >= 0.3 is 0 Å². The van der Waals surface area contributed by atoms with Gasteiger partial charge in [-0.3, -0.25) is 4.57 Å². The Balaban J connectivity index is 2.48. The summed E-state index contributed by atoms with van der Waals surface area (Å²) in [6.07, 6.45) is 0. The number of nitrogens with zero attached hydrogens (tertiary/aromatic N) is 3. The minimum Gasteiger partial charge on any atom is -0.391 e. The maximum absolute atomic E-state index is 5.82. The molecule has 0 bridgehead atoms. The quantitative estimate of drug-likeness (QED) is 0.875. The first-order valence-corrected chi connectivity index (χ1v) is 6.52. The fraction of sp³-hybridized carbons (Fsp3) is 0.455. The van der Waals surface area contributed by atoms with E-state index in [0.29, 0.717) is 0 Å². The van der Waals surface area contributed by atoms with Crippen LogP contribution in [0.2, 0.25) is 0 Å². The summed E-state index contributed by atoms with van der Waals surface area (Å²) in [6, 6.07) is 1.97. The molecule has 17 heavy (non-hydrogen) atoms. The molecule has 0 aliphatic rings. The van der Waals surface area contributed by atoms with E-state index in [1.807, 2.05) is 19.9 Å².